The van der Waals surface area contributed by atoms with Crippen LogP contribution >= 0.6 is 11.3 Å². The number of esters is 1. The van der Waals surface area contributed by atoms with Crippen molar-refractivity contribution < 1.29 is 14.3 Å². The van der Waals surface area contributed by atoms with E-state index in [0.29, 0.717) is 5.75 Å². The predicted molar refractivity (Wildman–Crippen MR) is 86.1 cm³/mol. The van der Waals surface area contributed by atoms with Gasteiger partial charge < -0.3 is 9.47 Å². The van der Waals surface area contributed by atoms with E-state index >= 15 is 0 Å². The molecule has 0 radical (unpaired) electrons. The van der Waals surface area contributed by atoms with E-state index in [9.17, 15) is 4.79 Å². The highest BCUT2D eigenvalue weighted by atomic mass is 32.1. The van der Waals surface area contributed by atoms with Crippen molar-refractivity contribution >= 4 is 27.5 Å². The molecule has 0 spiro atoms. The van der Waals surface area contributed by atoms with E-state index in [-0.39, 0.29) is 13.2 Å². The molecule has 22 heavy (non-hydrogen) atoms. The molecule has 2 aromatic carbocycles. The third kappa shape index (κ3) is 3.43. The van der Waals surface area contributed by atoms with Crippen LogP contribution in [-0.2, 0) is 16.1 Å². The maximum atomic E-state index is 11.7. The molecule has 0 unspecified atom stereocenters. The molecule has 0 aliphatic rings. The zero-order chi connectivity index (χ0) is 15.4. The van der Waals surface area contributed by atoms with Crippen molar-refractivity contribution in [2.24, 2.45) is 0 Å². The maximum Gasteiger partial charge on any atom is 0.344 e. The number of rotatable bonds is 5. The minimum absolute atomic E-state index is 0.101. The first-order chi connectivity index (χ1) is 10.7. The highest BCUT2D eigenvalue weighted by Gasteiger charge is 2.09. The van der Waals surface area contributed by atoms with Gasteiger partial charge in [-0.25, -0.2) is 9.78 Å². The zero-order valence-electron chi connectivity index (χ0n) is 12.1. The molecule has 0 atom stereocenters. The monoisotopic (exact) mass is 313 g/mol. The molecule has 0 saturated carbocycles. The number of fused-ring (bicyclic) bond motifs is 1. The van der Waals surface area contributed by atoms with Crippen LogP contribution in [0.3, 0.4) is 0 Å². The highest BCUT2D eigenvalue weighted by Crippen LogP contribution is 2.22. The maximum absolute atomic E-state index is 11.7. The average Bonchev–Trinajstić information content (AvgIpc) is 2.95. The van der Waals surface area contributed by atoms with Crippen molar-refractivity contribution in [2.75, 3.05) is 6.61 Å². The minimum Gasteiger partial charge on any atom is -0.482 e. The lowest BCUT2D eigenvalue weighted by atomic mass is 10.2. The number of ether oxygens (including phenoxy) is 2. The van der Waals surface area contributed by atoms with E-state index < -0.39 is 5.97 Å². The van der Waals surface area contributed by atoms with Crippen molar-refractivity contribution in [3.05, 3.63) is 59.1 Å². The SMILES string of the molecule is Cc1ccccc1OCC(=O)OCc1nc2ccccc2s1. The molecular formula is C17H15NO3S. The topological polar surface area (TPSA) is 48.4 Å². The van der Waals surface area contributed by atoms with Gasteiger partial charge in [0.05, 0.1) is 10.2 Å². The van der Waals surface area contributed by atoms with Crippen molar-refractivity contribution in [1.82, 2.24) is 4.98 Å². The fourth-order valence-corrected chi connectivity index (χ4v) is 2.90. The van der Waals surface area contributed by atoms with E-state index in [1.165, 1.54) is 11.3 Å². The van der Waals surface area contributed by atoms with Crippen LogP contribution in [-0.4, -0.2) is 17.6 Å². The molecule has 0 bridgehead atoms. The Morgan fingerprint density at radius 3 is 2.73 bits per heavy atom. The van der Waals surface area contributed by atoms with Gasteiger partial charge in [0.2, 0.25) is 0 Å². The molecule has 3 aromatic rings. The minimum atomic E-state index is -0.400. The number of thiazole rings is 1. The van der Waals surface area contributed by atoms with E-state index in [0.717, 1.165) is 20.8 Å². The second-order valence-corrected chi connectivity index (χ2v) is 5.91. The fraction of sp³-hybridized carbons (Fsp3) is 0.176. The van der Waals surface area contributed by atoms with Crippen LogP contribution in [0.1, 0.15) is 10.6 Å². The number of aryl methyl sites for hydroxylation is 1. The summed E-state index contributed by atoms with van der Waals surface area (Å²) in [5, 5.41) is 0.783. The molecule has 0 N–H and O–H groups in total. The lowest BCUT2D eigenvalue weighted by Gasteiger charge is -2.08. The Labute approximate surface area is 132 Å². The Kier molecular flexibility index (Phi) is 4.34. The van der Waals surface area contributed by atoms with Crippen LogP contribution in [0.15, 0.2) is 48.5 Å². The number of hydrogen-bond donors (Lipinski definition) is 0. The van der Waals surface area contributed by atoms with Gasteiger partial charge in [0, 0.05) is 0 Å². The fourth-order valence-electron chi connectivity index (χ4n) is 2.02. The summed E-state index contributed by atoms with van der Waals surface area (Å²) in [5.74, 6) is 0.293. The van der Waals surface area contributed by atoms with E-state index in [1.807, 2.05) is 55.5 Å². The molecule has 0 aliphatic carbocycles. The third-order valence-electron chi connectivity index (χ3n) is 3.13. The molecule has 3 rings (SSSR count). The van der Waals surface area contributed by atoms with Gasteiger partial charge >= 0.3 is 5.97 Å². The quantitative estimate of drug-likeness (QED) is 0.673. The normalized spacial score (nSPS) is 10.6. The number of carbonyl (C=O) groups excluding carboxylic acids is 1. The number of aromatic nitrogens is 1. The van der Waals surface area contributed by atoms with Crippen molar-refractivity contribution in [1.29, 1.82) is 0 Å². The summed E-state index contributed by atoms with van der Waals surface area (Å²) in [5.41, 5.74) is 1.91. The Morgan fingerprint density at radius 1 is 1.14 bits per heavy atom. The number of carbonyl (C=O) groups is 1. The van der Waals surface area contributed by atoms with Gasteiger partial charge in [0.25, 0.3) is 0 Å². The van der Waals surface area contributed by atoms with Crippen LogP contribution in [0.2, 0.25) is 0 Å². The Morgan fingerprint density at radius 2 is 1.91 bits per heavy atom. The number of hydrogen-bond acceptors (Lipinski definition) is 5. The molecule has 0 amide bonds. The van der Waals surface area contributed by atoms with E-state index in [2.05, 4.69) is 4.98 Å². The van der Waals surface area contributed by atoms with Crippen LogP contribution in [0, 0.1) is 6.92 Å². The zero-order valence-corrected chi connectivity index (χ0v) is 12.9. The summed E-state index contributed by atoms with van der Waals surface area (Å²) in [4.78, 5) is 16.2. The highest BCUT2D eigenvalue weighted by molar-refractivity contribution is 7.18. The molecule has 0 fully saturated rings. The summed E-state index contributed by atoms with van der Waals surface area (Å²) in [6, 6.07) is 15.4. The smallest absolute Gasteiger partial charge is 0.344 e. The first-order valence-electron chi connectivity index (χ1n) is 6.91. The van der Waals surface area contributed by atoms with Crippen molar-refractivity contribution in [3.63, 3.8) is 0 Å². The number of para-hydroxylation sites is 2. The second kappa shape index (κ2) is 6.58. The van der Waals surface area contributed by atoms with Crippen LogP contribution in [0.5, 0.6) is 5.75 Å². The molecule has 1 aromatic heterocycles. The molecule has 112 valence electrons. The number of nitrogens with zero attached hydrogens (tertiary/aromatic N) is 1. The lowest BCUT2D eigenvalue weighted by Crippen LogP contribution is -2.15. The summed E-state index contributed by atoms with van der Waals surface area (Å²) >= 11 is 1.53. The van der Waals surface area contributed by atoms with Crippen molar-refractivity contribution in [3.8, 4) is 5.75 Å². The average molecular weight is 313 g/mol. The Bertz CT molecular complexity index is 764. The molecular weight excluding hydrogens is 298 g/mol. The van der Waals surface area contributed by atoms with Gasteiger partial charge in [0.1, 0.15) is 17.4 Å². The van der Waals surface area contributed by atoms with Crippen LogP contribution in [0.4, 0.5) is 0 Å². The van der Waals surface area contributed by atoms with Crippen LogP contribution in [0.25, 0.3) is 10.2 Å². The Hall–Kier alpha value is -2.40. The van der Waals surface area contributed by atoms with Gasteiger partial charge in [-0.2, -0.15) is 0 Å². The van der Waals surface area contributed by atoms with Gasteiger partial charge in [-0.15, -0.1) is 11.3 Å². The molecule has 1 heterocycles. The lowest BCUT2D eigenvalue weighted by molar-refractivity contribution is -0.147. The molecule has 4 nitrogen and oxygen atoms in total. The summed E-state index contributed by atoms with van der Waals surface area (Å²) in [7, 11) is 0. The van der Waals surface area contributed by atoms with Crippen molar-refractivity contribution in [2.45, 2.75) is 13.5 Å². The van der Waals surface area contributed by atoms with Gasteiger partial charge in [-0.3, -0.25) is 0 Å². The van der Waals surface area contributed by atoms with Gasteiger partial charge in [0.15, 0.2) is 6.61 Å². The third-order valence-corrected chi connectivity index (χ3v) is 4.14. The second-order valence-electron chi connectivity index (χ2n) is 4.79. The number of benzene rings is 2. The van der Waals surface area contributed by atoms with E-state index in [1.54, 1.807) is 0 Å². The largest absolute Gasteiger partial charge is 0.482 e. The summed E-state index contributed by atoms with van der Waals surface area (Å²) in [6.45, 7) is 2.01. The Balaban J connectivity index is 1.53. The van der Waals surface area contributed by atoms with Crippen LogP contribution < -0.4 is 4.74 Å². The molecule has 0 aliphatic heterocycles. The summed E-state index contributed by atoms with van der Waals surface area (Å²) in [6.07, 6.45) is 0. The van der Waals surface area contributed by atoms with Gasteiger partial charge in [-0.05, 0) is 30.7 Å². The predicted octanol–water partition coefficient (Wildman–Crippen LogP) is 3.73. The summed E-state index contributed by atoms with van der Waals surface area (Å²) < 4.78 is 11.7. The van der Waals surface area contributed by atoms with Gasteiger partial charge in [-0.1, -0.05) is 30.3 Å². The first-order valence-corrected chi connectivity index (χ1v) is 7.72. The van der Waals surface area contributed by atoms with E-state index in [4.69, 9.17) is 9.47 Å². The standard InChI is InChI=1S/C17H15NO3S/c1-12-6-2-4-8-14(12)20-11-17(19)21-10-16-18-13-7-3-5-9-15(13)22-16/h2-9H,10-11H2,1H3. The molecule has 0 saturated heterocycles. The first kappa shape index (κ1) is 14.5. The molecule has 5 heteroatoms.